The van der Waals surface area contributed by atoms with Gasteiger partial charge in [-0.05, 0) is 43.9 Å². The lowest BCUT2D eigenvalue weighted by Crippen LogP contribution is -2.32. The van der Waals surface area contributed by atoms with Crippen molar-refractivity contribution >= 4 is 50.1 Å². The predicted molar refractivity (Wildman–Crippen MR) is 128 cm³/mol. The summed E-state index contributed by atoms with van der Waals surface area (Å²) in [6, 6.07) is 5.56. The second kappa shape index (κ2) is 10.9. The van der Waals surface area contributed by atoms with Gasteiger partial charge in [0.2, 0.25) is 17.7 Å². The number of amides is 3. The van der Waals surface area contributed by atoms with Crippen LogP contribution in [-0.4, -0.2) is 40.7 Å². The Labute approximate surface area is 193 Å². The van der Waals surface area contributed by atoms with Gasteiger partial charge in [-0.3, -0.25) is 14.4 Å². The Kier molecular flexibility index (Phi) is 7.73. The first kappa shape index (κ1) is 22.7. The van der Waals surface area contributed by atoms with Gasteiger partial charge in [-0.15, -0.1) is 0 Å². The number of rotatable bonds is 6. The lowest BCUT2D eigenvalue weighted by Gasteiger charge is -2.20. The standard InChI is InChI=1S/C24H32N4O3S/c29-21(12-13-22(30)28-14-6-1-2-7-15-28)25-18-10-11-20-19(16-18)26-24(32-20)27-23(31)17-8-4-3-5-9-17/h10-11,16-17H,1-9,12-15H2,(H,25,29)(H,26,27,31). The van der Waals surface area contributed by atoms with Crippen molar-refractivity contribution in [3.05, 3.63) is 18.2 Å². The van der Waals surface area contributed by atoms with Crippen molar-refractivity contribution in [1.29, 1.82) is 0 Å². The lowest BCUT2D eigenvalue weighted by molar-refractivity contribution is -0.132. The van der Waals surface area contributed by atoms with Crippen molar-refractivity contribution in [1.82, 2.24) is 9.88 Å². The van der Waals surface area contributed by atoms with Gasteiger partial charge in [-0.2, -0.15) is 0 Å². The second-order valence-electron chi connectivity index (χ2n) is 8.87. The normalized spacial score (nSPS) is 17.7. The zero-order valence-corrected chi connectivity index (χ0v) is 19.3. The maximum atomic E-state index is 12.5. The van der Waals surface area contributed by atoms with E-state index in [1.54, 1.807) is 0 Å². The number of anilines is 2. The molecule has 2 heterocycles. The van der Waals surface area contributed by atoms with Crippen LogP contribution >= 0.6 is 11.3 Å². The molecular formula is C24H32N4O3S. The molecule has 1 aromatic carbocycles. The highest BCUT2D eigenvalue weighted by Crippen LogP contribution is 2.30. The lowest BCUT2D eigenvalue weighted by atomic mass is 9.89. The van der Waals surface area contributed by atoms with E-state index >= 15 is 0 Å². The molecule has 1 aliphatic heterocycles. The zero-order valence-electron chi connectivity index (χ0n) is 18.5. The number of nitrogens with one attached hydrogen (secondary N) is 2. The van der Waals surface area contributed by atoms with Gasteiger partial charge in [-0.25, -0.2) is 4.98 Å². The van der Waals surface area contributed by atoms with Crippen molar-refractivity contribution in [3.63, 3.8) is 0 Å². The van der Waals surface area contributed by atoms with Gasteiger partial charge in [0.25, 0.3) is 0 Å². The average molecular weight is 457 g/mol. The highest BCUT2D eigenvalue weighted by molar-refractivity contribution is 7.22. The molecule has 4 rings (SSSR count). The van der Waals surface area contributed by atoms with Crippen molar-refractivity contribution in [2.75, 3.05) is 23.7 Å². The van der Waals surface area contributed by atoms with E-state index in [0.29, 0.717) is 10.8 Å². The third-order valence-corrected chi connectivity index (χ3v) is 7.35. The molecule has 32 heavy (non-hydrogen) atoms. The molecule has 2 aromatic rings. The maximum absolute atomic E-state index is 12.5. The van der Waals surface area contributed by atoms with Crippen LogP contribution in [0.1, 0.15) is 70.6 Å². The number of benzene rings is 1. The molecule has 1 saturated carbocycles. The average Bonchev–Trinajstić information content (AvgIpc) is 3.00. The number of hydrogen-bond donors (Lipinski definition) is 2. The number of thiazole rings is 1. The minimum Gasteiger partial charge on any atom is -0.343 e. The van der Waals surface area contributed by atoms with Crippen molar-refractivity contribution in [2.24, 2.45) is 5.92 Å². The van der Waals surface area contributed by atoms with E-state index in [2.05, 4.69) is 15.6 Å². The first-order valence-electron chi connectivity index (χ1n) is 11.9. The van der Waals surface area contributed by atoms with Gasteiger partial charge < -0.3 is 15.5 Å². The smallest absolute Gasteiger partial charge is 0.229 e. The third-order valence-electron chi connectivity index (χ3n) is 6.40. The molecular weight excluding hydrogens is 424 g/mol. The summed E-state index contributed by atoms with van der Waals surface area (Å²) >= 11 is 1.44. The number of carbonyl (C=O) groups is 3. The van der Waals surface area contributed by atoms with E-state index in [9.17, 15) is 14.4 Å². The molecule has 0 unspecified atom stereocenters. The van der Waals surface area contributed by atoms with Gasteiger partial charge in [0.05, 0.1) is 10.2 Å². The largest absolute Gasteiger partial charge is 0.343 e. The molecule has 1 aliphatic carbocycles. The second-order valence-corrected chi connectivity index (χ2v) is 9.90. The number of nitrogens with zero attached hydrogens (tertiary/aromatic N) is 2. The molecule has 7 nitrogen and oxygen atoms in total. The zero-order chi connectivity index (χ0) is 22.3. The molecule has 8 heteroatoms. The number of fused-ring (bicyclic) bond motifs is 1. The monoisotopic (exact) mass is 456 g/mol. The van der Waals surface area contributed by atoms with Crippen LogP contribution in [0.2, 0.25) is 0 Å². The van der Waals surface area contributed by atoms with Crippen LogP contribution in [0.5, 0.6) is 0 Å². The van der Waals surface area contributed by atoms with Crippen molar-refractivity contribution in [2.45, 2.75) is 70.6 Å². The van der Waals surface area contributed by atoms with Gasteiger partial charge in [-0.1, -0.05) is 43.4 Å². The molecule has 2 aliphatic rings. The predicted octanol–water partition coefficient (Wildman–Crippen LogP) is 4.94. The first-order chi connectivity index (χ1) is 15.6. The topological polar surface area (TPSA) is 91.4 Å². The molecule has 172 valence electrons. The summed E-state index contributed by atoms with van der Waals surface area (Å²) < 4.78 is 0.957. The van der Waals surface area contributed by atoms with E-state index in [-0.39, 0.29) is 36.5 Å². The van der Waals surface area contributed by atoms with E-state index in [4.69, 9.17) is 0 Å². The van der Waals surface area contributed by atoms with Crippen molar-refractivity contribution < 1.29 is 14.4 Å². The number of hydrogen-bond acceptors (Lipinski definition) is 5. The summed E-state index contributed by atoms with van der Waals surface area (Å²) in [5.41, 5.74) is 1.40. The van der Waals surface area contributed by atoms with Crippen LogP contribution in [0.4, 0.5) is 10.8 Å². The minimum absolute atomic E-state index is 0.0614. The van der Waals surface area contributed by atoms with Crippen molar-refractivity contribution in [3.8, 4) is 0 Å². The fourth-order valence-corrected chi connectivity index (χ4v) is 5.40. The van der Waals surface area contributed by atoms with Gasteiger partial charge in [0, 0.05) is 37.5 Å². The summed E-state index contributed by atoms with van der Waals surface area (Å²) in [7, 11) is 0. The minimum atomic E-state index is -0.173. The summed E-state index contributed by atoms with van der Waals surface area (Å²) in [5.74, 6) is 0.0397. The summed E-state index contributed by atoms with van der Waals surface area (Å²) in [6.45, 7) is 1.61. The molecule has 2 fully saturated rings. The third kappa shape index (κ3) is 6.06. The van der Waals surface area contributed by atoms with E-state index in [0.717, 1.165) is 61.8 Å². The molecule has 0 spiro atoms. The van der Waals surface area contributed by atoms with Crippen LogP contribution in [0, 0.1) is 5.92 Å². The Morgan fingerprint density at radius 2 is 1.66 bits per heavy atom. The Bertz CT molecular complexity index is 959. The van der Waals surface area contributed by atoms with E-state index in [1.165, 1.54) is 30.6 Å². The molecule has 0 radical (unpaired) electrons. The highest BCUT2D eigenvalue weighted by atomic mass is 32.1. The van der Waals surface area contributed by atoms with Gasteiger partial charge in [0.15, 0.2) is 5.13 Å². The highest BCUT2D eigenvalue weighted by Gasteiger charge is 2.22. The Balaban J connectivity index is 1.29. The number of aromatic nitrogens is 1. The quantitative estimate of drug-likeness (QED) is 0.644. The van der Waals surface area contributed by atoms with Crippen LogP contribution in [-0.2, 0) is 14.4 Å². The molecule has 2 N–H and O–H groups in total. The molecule has 0 bridgehead atoms. The summed E-state index contributed by atoms with van der Waals surface area (Å²) in [5, 5.41) is 6.44. The first-order valence-corrected chi connectivity index (χ1v) is 12.7. The maximum Gasteiger partial charge on any atom is 0.229 e. The van der Waals surface area contributed by atoms with Gasteiger partial charge >= 0.3 is 0 Å². The molecule has 3 amide bonds. The Morgan fingerprint density at radius 3 is 2.41 bits per heavy atom. The molecule has 1 aromatic heterocycles. The summed E-state index contributed by atoms with van der Waals surface area (Å²) in [6.07, 6.45) is 10.2. The van der Waals surface area contributed by atoms with Gasteiger partial charge in [0.1, 0.15) is 0 Å². The van der Waals surface area contributed by atoms with E-state index in [1.807, 2.05) is 23.1 Å². The number of carbonyl (C=O) groups excluding carboxylic acids is 3. The summed E-state index contributed by atoms with van der Waals surface area (Å²) in [4.78, 5) is 43.7. The Morgan fingerprint density at radius 1 is 0.938 bits per heavy atom. The fraction of sp³-hybridized carbons (Fsp3) is 0.583. The van der Waals surface area contributed by atoms with Crippen LogP contribution in [0.15, 0.2) is 18.2 Å². The SMILES string of the molecule is O=C(CCC(=O)N1CCCCCC1)Nc1ccc2sc(NC(=O)C3CCCCC3)nc2c1. The molecule has 1 saturated heterocycles. The van der Waals surface area contributed by atoms with Crippen LogP contribution in [0.25, 0.3) is 10.2 Å². The van der Waals surface area contributed by atoms with Crippen LogP contribution < -0.4 is 10.6 Å². The fourth-order valence-electron chi connectivity index (χ4n) is 4.55. The van der Waals surface area contributed by atoms with Crippen LogP contribution in [0.3, 0.4) is 0 Å². The van der Waals surface area contributed by atoms with E-state index < -0.39 is 0 Å². The molecule has 0 atom stereocenters. The Hall–Kier alpha value is -2.48. The number of likely N-dealkylation sites (tertiary alicyclic amines) is 1.